The molecule has 0 bridgehead atoms. The van der Waals surface area contributed by atoms with Crippen molar-refractivity contribution in [3.8, 4) is 0 Å². The number of quaternary nitrogens is 1. The monoisotopic (exact) mass is 475 g/mol. The van der Waals surface area contributed by atoms with Gasteiger partial charge < -0.3 is 14.7 Å². The predicted octanol–water partition coefficient (Wildman–Crippen LogP) is -3.18. The van der Waals surface area contributed by atoms with Crippen LogP contribution in [0.1, 0.15) is 0 Å². The van der Waals surface area contributed by atoms with Crippen LogP contribution in [0.2, 0.25) is 0 Å². The Bertz CT molecular complexity index is 732. The fourth-order valence-corrected chi connectivity index (χ4v) is 6.21. The van der Waals surface area contributed by atoms with Gasteiger partial charge >= 0.3 is 10.1 Å². The van der Waals surface area contributed by atoms with E-state index in [0.29, 0.717) is 52.4 Å². The summed E-state index contributed by atoms with van der Waals surface area (Å²) >= 11 is 0. The highest BCUT2D eigenvalue weighted by atomic mass is 32.2. The molecule has 2 heterocycles. The number of nitrogens with zero attached hydrogens (tertiary/aromatic N) is 4. The van der Waals surface area contributed by atoms with Crippen LogP contribution in [-0.4, -0.2) is 158 Å². The van der Waals surface area contributed by atoms with Crippen LogP contribution in [0.5, 0.6) is 0 Å². The van der Waals surface area contributed by atoms with Gasteiger partial charge in [-0.25, -0.2) is 0 Å². The van der Waals surface area contributed by atoms with E-state index in [1.54, 1.807) is 0 Å². The number of hydrogen-bond donors (Lipinski definition) is 4. The first-order chi connectivity index (χ1) is 14.0. The normalized spacial score (nSPS) is 23.5. The number of β-amino-alcohol motifs (C(OH)–C–C–N with tert-alkyl or cyclic N) is 2. The molecule has 2 saturated heterocycles. The number of hydrogen-bond acceptors (Lipinski definition) is 9. The van der Waals surface area contributed by atoms with Gasteiger partial charge in [0.25, 0.3) is 10.1 Å². The maximum absolute atomic E-state index is 12.4. The molecule has 0 spiro atoms. The first-order valence-electron chi connectivity index (χ1n) is 10.1. The molecule has 12 nitrogen and oxygen atoms in total. The van der Waals surface area contributed by atoms with Crippen LogP contribution < -0.4 is 0 Å². The standard InChI is InChI=1S/C16H34N4O8S2/c21-12-7-17-1-3-19(4-2-17)15-16(30(26,27)28)20(11-14-29(23,24)25)9-5-18(6-10-20)8-13-22/h16,21-22H,1-15H2,(H-,23,24,25,26,27,28)/p+1. The molecule has 0 radical (unpaired) electrons. The Balaban J connectivity index is 2.20. The van der Waals surface area contributed by atoms with Gasteiger partial charge in [0.05, 0.1) is 39.4 Å². The van der Waals surface area contributed by atoms with Crippen molar-refractivity contribution in [2.24, 2.45) is 0 Å². The lowest BCUT2D eigenvalue weighted by Gasteiger charge is -2.49. The summed E-state index contributed by atoms with van der Waals surface area (Å²) in [5, 5.41) is 17.0. The molecule has 4 N–H and O–H groups in total. The molecule has 2 aliphatic heterocycles. The van der Waals surface area contributed by atoms with Crippen LogP contribution in [0.25, 0.3) is 0 Å². The Morgan fingerprint density at radius 3 is 1.67 bits per heavy atom. The largest absolute Gasteiger partial charge is 0.395 e. The molecular weight excluding hydrogens is 440 g/mol. The van der Waals surface area contributed by atoms with Crippen LogP contribution >= 0.6 is 0 Å². The zero-order chi connectivity index (χ0) is 22.4. The summed E-state index contributed by atoms with van der Waals surface area (Å²) in [6.45, 7) is 4.84. The minimum atomic E-state index is -4.51. The molecule has 30 heavy (non-hydrogen) atoms. The summed E-state index contributed by atoms with van der Waals surface area (Å²) in [5.41, 5.74) is 0. The van der Waals surface area contributed by atoms with E-state index in [-0.39, 0.29) is 43.9 Å². The summed E-state index contributed by atoms with van der Waals surface area (Å²) in [6, 6.07) is 0. The van der Waals surface area contributed by atoms with E-state index in [1.165, 1.54) is 0 Å². The minimum absolute atomic E-state index is 0.0368. The second-order valence-electron chi connectivity index (χ2n) is 8.08. The van der Waals surface area contributed by atoms with Crippen LogP contribution in [0.4, 0.5) is 0 Å². The summed E-state index contributed by atoms with van der Waals surface area (Å²) < 4.78 is 66.8. The molecule has 0 aromatic carbocycles. The molecule has 2 fully saturated rings. The van der Waals surface area contributed by atoms with E-state index in [0.717, 1.165) is 0 Å². The highest BCUT2D eigenvalue weighted by Gasteiger charge is 2.48. The second kappa shape index (κ2) is 10.9. The van der Waals surface area contributed by atoms with Crippen molar-refractivity contribution in [2.75, 3.05) is 97.5 Å². The fraction of sp³-hybridized carbons (Fsp3) is 1.00. The number of piperazine rings is 2. The first-order valence-corrected chi connectivity index (χ1v) is 13.3. The summed E-state index contributed by atoms with van der Waals surface area (Å²) in [6.07, 6.45) is 0. The Morgan fingerprint density at radius 2 is 1.23 bits per heavy atom. The van der Waals surface area contributed by atoms with Gasteiger partial charge in [-0.05, 0) is 0 Å². The molecule has 1 atom stereocenters. The van der Waals surface area contributed by atoms with Crippen molar-refractivity contribution in [1.82, 2.24) is 14.7 Å². The average Bonchev–Trinajstić information content (AvgIpc) is 2.66. The lowest BCUT2D eigenvalue weighted by Crippen LogP contribution is -2.69. The van der Waals surface area contributed by atoms with Crippen molar-refractivity contribution in [2.45, 2.75) is 5.37 Å². The maximum Gasteiger partial charge on any atom is 0.320 e. The van der Waals surface area contributed by atoms with Gasteiger partial charge in [-0.15, -0.1) is 0 Å². The highest BCUT2D eigenvalue weighted by molar-refractivity contribution is 7.86. The SMILES string of the molecule is O=S(=O)(O)CC[N+]1(C(CN2CCN(CCO)CC2)S(=O)(=O)O)CCN(CCO)CC1. The molecule has 0 saturated carbocycles. The average molecular weight is 476 g/mol. The fourth-order valence-electron chi connectivity index (χ4n) is 4.33. The zero-order valence-corrected chi connectivity index (χ0v) is 18.8. The van der Waals surface area contributed by atoms with Gasteiger partial charge in [-0.2, -0.15) is 16.8 Å². The van der Waals surface area contributed by atoms with Crippen molar-refractivity contribution in [3.05, 3.63) is 0 Å². The first kappa shape index (κ1) is 25.8. The number of aliphatic hydroxyl groups excluding tert-OH is 2. The van der Waals surface area contributed by atoms with Gasteiger partial charge in [0.2, 0.25) is 5.37 Å². The Labute approximate surface area is 178 Å². The molecule has 14 heteroatoms. The van der Waals surface area contributed by atoms with Gasteiger partial charge in [-0.3, -0.25) is 23.8 Å². The predicted molar refractivity (Wildman–Crippen MR) is 110 cm³/mol. The molecule has 0 aliphatic carbocycles. The Hall–Kier alpha value is -0.420. The Kier molecular flexibility index (Phi) is 9.42. The molecule has 0 aromatic rings. The summed E-state index contributed by atoms with van der Waals surface area (Å²) in [4.78, 5) is 5.95. The van der Waals surface area contributed by atoms with Gasteiger partial charge in [0, 0.05) is 52.4 Å². The van der Waals surface area contributed by atoms with Crippen molar-refractivity contribution in [1.29, 1.82) is 0 Å². The molecule has 2 rings (SSSR count). The van der Waals surface area contributed by atoms with Crippen molar-refractivity contribution >= 4 is 20.2 Å². The van der Waals surface area contributed by atoms with Crippen LogP contribution in [0.3, 0.4) is 0 Å². The van der Waals surface area contributed by atoms with Crippen LogP contribution in [-0.2, 0) is 20.2 Å². The smallest absolute Gasteiger partial charge is 0.320 e. The Morgan fingerprint density at radius 1 is 0.767 bits per heavy atom. The summed E-state index contributed by atoms with van der Waals surface area (Å²) in [7, 11) is -8.81. The second-order valence-corrected chi connectivity index (χ2v) is 11.2. The highest BCUT2D eigenvalue weighted by Crippen LogP contribution is 2.24. The molecule has 178 valence electrons. The van der Waals surface area contributed by atoms with Crippen molar-refractivity contribution in [3.63, 3.8) is 0 Å². The van der Waals surface area contributed by atoms with E-state index in [2.05, 4.69) is 4.90 Å². The molecule has 0 amide bonds. The van der Waals surface area contributed by atoms with E-state index in [1.807, 2.05) is 9.80 Å². The van der Waals surface area contributed by atoms with Gasteiger partial charge in [0.1, 0.15) is 5.75 Å². The third-order valence-electron chi connectivity index (χ3n) is 6.18. The third kappa shape index (κ3) is 7.62. The molecule has 0 aromatic heterocycles. The van der Waals surface area contributed by atoms with E-state index in [4.69, 9.17) is 10.2 Å². The van der Waals surface area contributed by atoms with E-state index >= 15 is 0 Å². The lowest BCUT2D eigenvalue weighted by molar-refractivity contribution is -0.940. The topological polar surface area (TPSA) is 159 Å². The summed E-state index contributed by atoms with van der Waals surface area (Å²) in [5.74, 6) is -0.594. The molecule has 2 aliphatic rings. The minimum Gasteiger partial charge on any atom is -0.395 e. The quantitative estimate of drug-likeness (QED) is 0.176. The lowest BCUT2D eigenvalue weighted by atomic mass is 10.2. The maximum atomic E-state index is 12.4. The number of rotatable bonds is 11. The number of aliphatic hydroxyl groups is 2. The van der Waals surface area contributed by atoms with Gasteiger partial charge in [0.15, 0.2) is 0 Å². The van der Waals surface area contributed by atoms with E-state index < -0.39 is 31.4 Å². The molecule has 1 unspecified atom stereocenters. The zero-order valence-electron chi connectivity index (χ0n) is 17.2. The van der Waals surface area contributed by atoms with Crippen molar-refractivity contribution < 1.29 is 40.6 Å². The third-order valence-corrected chi connectivity index (χ3v) is 8.17. The van der Waals surface area contributed by atoms with E-state index in [9.17, 15) is 25.9 Å². The molecular formula is C16H35N4O8S2+. The van der Waals surface area contributed by atoms with Crippen LogP contribution in [0, 0.1) is 0 Å². The van der Waals surface area contributed by atoms with Crippen LogP contribution in [0.15, 0.2) is 0 Å². The van der Waals surface area contributed by atoms with Gasteiger partial charge in [-0.1, -0.05) is 0 Å².